The van der Waals surface area contributed by atoms with Crippen molar-refractivity contribution in [2.75, 3.05) is 6.61 Å². The van der Waals surface area contributed by atoms with Crippen molar-refractivity contribution in [1.29, 1.82) is 0 Å². The van der Waals surface area contributed by atoms with Crippen LogP contribution in [0.15, 0.2) is 0 Å². The van der Waals surface area contributed by atoms with Crippen LogP contribution in [0.5, 0.6) is 0 Å². The van der Waals surface area contributed by atoms with Crippen LogP contribution in [-0.2, 0) is 20.2 Å². The highest BCUT2D eigenvalue weighted by Gasteiger charge is 2.58. The molecule has 23 heavy (non-hydrogen) atoms. The lowest BCUT2D eigenvalue weighted by atomic mass is 9.87. The Balaban J connectivity index is 2.20. The third-order valence-electron chi connectivity index (χ3n) is 4.00. The van der Waals surface area contributed by atoms with Crippen molar-refractivity contribution in [1.82, 2.24) is 0 Å². The molecule has 0 aliphatic heterocycles. The van der Waals surface area contributed by atoms with Gasteiger partial charge in [0.1, 0.15) is 0 Å². The Morgan fingerprint density at radius 3 is 2.22 bits per heavy atom. The van der Waals surface area contributed by atoms with E-state index in [0.29, 0.717) is 12.3 Å². The highest BCUT2D eigenvalue weighted by atomic mass is 32.2. The molecule has 0 spiro atoms. The summed E-state index contributed by atoms with van der Waals surface area (Å²) in [5, 5.41) is -5.06. The van der Waals surface area contributed by atoms with E-state index in [1.165, 1.54) is 6.42 Å². The maximum Gasteiger partial charge on any atom is 0.404 e. The van der Waals surface area contributed by atoms with Crippen LogP contribution in [0.1, 0.15) is 57.8 Å². The Kier molecular flexibility index (Phi) is 7.76. The fourth-order valence-electron chi connectivity index (χ4n) is 2.60. The molecule has 0 aromatic carbocycles. The predicted octanol–water partition coefficient (Wildman–Crippen LogP) is 3.51. The summed E-state index contributed by atoms with van der Waals surface area (Å²) in [5.74, 6) is -4.72. The summed E-state index contributed by atoms with van der Waals surface area (Å²) in [6.07, 6.45) is 3.94. The molecule has 1 rings (SSSR count). The fourth-order valence-corrected chi connectivity index (χ4v) is 2.98. The van der Waals surface area contributed by atoms with Crippen LogP contribution in [-0.4, -0.2) is 32.2 Å². The number of hydrogen-bond donors (Lipinski definition) is 1. The number of thiol groups is 1. The molecule has 0 heterocycles. The summed E-state index contributed by atoms with van der Waals surface area (Å²) >= 11 is 0. The molecule has 0 aromatic heterocycles. The molecule has 0 saturated heterocycles. The van der Waals surface area contributed by atoms with Crippen molar-refractivity contribution in [2.45, 2.75) is 69.0 Å². The topological polar surface area (TPSA) is 60.4 Å². The van der Waals surface area contributed by atoms with Crippen LogP contribution in [0.2, 0.25) is 0 Å². The molecule has 1 aliphatic carbocycles. The van der Waals surface area contributed by atoms with E-state index in [-0.39, 0.29) is 19.4 Å². The molecule has 0 aromatic rings. The number of ether oxygens (including phenoxy) is 1. The maximum atomic E-state index is 13.1. The Morgan fingerprint density at radius 2 is 1.65 bits per heavy atom. The summed E-state index contributed by atoms with van der Waals surface area (Å²) in [4.78, 5) is 11.5. The van der Waals surface area contributed by atoms with Gasteiger partial charge < -0.3 is 4.74 Å². The predicted molar refractivity (Wildman–Crippen MR) is 76.2 cm³/mol. The van der Waals surface area contributed by atoms with Crippen molar-refractivity contribution in [3.8, 4) is 0 Å². The molecule has 9 heteroatoms. The molecule has 0 unspecified atom stereocenters. The Bertz CT molecular complexity index is 452. The van der Waals surface area contributed by atoms with Crippen LogP contribution in [0.4, 0.5) is 17.6 Å². The first-order chi connectivity index (χ1) is 10.7. The molecule has 0 radical (unpaired) electrons. The number of halogens is 4. The van der Waals surface area contributed by atoms with Crippen molar-refractivity contribution in [3.63, 3.8) is 0 Å². The molecule has 0 N–H and O–H groups in total. The second-order valence-corrected chi connectivity index (χ2v) is 6.96. The number of carbonyl (C=O) groups excluding carboxylic acids is 1. The summed E-state index contributed by atoms with van der Waals surface area (Å²) in [7, 11) is -4.55. The smallest absolute Gasteiger partial charge is 0.404 e. The zero-order valence-corrected chi connectivity index (χ0v) is 13.6. The lowest BCUT2D eigenvalue weighted by Gasteiger charge is -2.21. The van der Waals surface area contributed by atoms with Crippen LogP contribution in [0.25, 0.3) is 0 Å². The van der Waals surface area contributed by atoms with E-state index >= 15 is 0 Å². The highest BCUT2D eigenvalue weighted by Crippen LogP contribution is 2.38. The van der Waals surface area contributed by atoms with E-state index in [1.54, 1.807) is 0 Å². The van der Waals surface area contributed by atoms with E-state index in [2.05, 4.69) is 0 Å². The minimum atomic E-state index is -5.06. The van der Waals surface area contributed by atoms with Gasteiger partial charge in [-0.1, -0.05) is 19.3 Å². The maximum absolute atomic E-state index is 13.1. The lowest BCUT2D eigenvalue weighted by molar-refractivity contribution is -0.160. The second kappa shape index (κ2) is 8.84. The van der Waals surface area contributed by atoms with E-state index in [1.807, 2.05) is 0 Å². The van der Waals surface area contributed by atoms with Gasteiger partial charge in [0, 0.05) is 12.8 Å². The molecular formula is C14H22F4O4S. The average molecular weight is 362 g/mol. The van der Waals surface area contributed by atoms with E-state index in [9.17, 15) is 30.8 Å². The van der Waals surface area contributed by atoms with Gasteiger partial charge in [0.25, 0.3) is 0 Å². The molecule has 0 bridgehead atoms. The van der Waals surface area contributed by atoms with Crippen molar-refractivity contribution in [3.05, 3.63) is 0 Å². The van der Waals surface area contributed by atoms with Crippen LogP contribution in [0, 0.1) is 5.92 Å². The molecule has 1 saturated carbocycles. The number of alkyl halides is 4. The highest BCUT2D eigenvalue weighted by molar-refractivity contribution is 7.73. The third kappa shape index (κ3) is 6.27. The number of hydrogen-bond acceptors (Lipinski definition) is 4. The normalized spacial score (nSPS) is 17.4. The van der Waals surface area contributed by atoms with Crippen molar-refractivity contribution < 1.29 is 35.5 Å². The zero-order valence-electron chi connectivity index (χ0n) is 12.7. The minimum Gasteiger partial charge on any atom is -0.466 e. The minimum absolute atomic E-state index is 0.0162. The van der Waals surface area contributed by atoms with Gasteiger partial charge in [-0.2, -0.15) is 17.6 Å². The van der Waals surface area contributed by atoms with Crippen LogP contribution >= 0.6 is 0 Å². The summed E-state index contributed by atoms with van der Waals surface area (Å²) in [6, 6.07) is 0. The van der Waals surface area contributed by atoms with E-state index in [0.717, 1.165) is 25.7 Å². The summed E-state index contributed by atoms with van der Waals surface area (Å²) in [5.41, 5.74) is 0. The van der Waals surface area contributed by atoms with Crippen molar-refractivity contribution in [2.24, 2.45) is 5.92 Å². The van der Waals surface area contributed by atoms with Gasteiger partial charge in [0.15, 0.2) is 0 Å². The lowest BCUT2D eigenvalue weighted by Crippen LogP contribution is -2.41. The van der Waals surface area contributed by atoms with Gasteiger partial charge in [-0.05, 0) is 31.6 Å². The van der Waals surface area contributed by atoms with Gasteiger partial charge in [-0.3, -0.25) is 4.79 Å². The molecule has 0 atom stereocenters. The molecule has 0 amide bonds. The molecular weight excluding hydrogens is 340 g/mol. The van der Waals surface area contributed by atoms with Gasteiger partial charge in [-0.25, -0.2) is 8.42 Å². The molecule has 4 nitrogen and oxygen atoms in total. The van der Waals surface area contributed by atoms with Crippen LogP contribution < -0.4 is 0 Å². The van der Waals surface area contributed by atoms with Gasteiger partial charge in [0.2, 0.25) is 10.7 Å². The first kappa shape index (κ1) is 20.2. The standard InChI is InChI=1S/C14H22F4O4S/c15-13(16,14(17,18)23(20)21)8-4-5-9-22-12(19)10-11-6-2-1-3-7-11/h11,23H,1-10H2. The van der Waals surface area contributed by atoms with Crippen molar-refractivity contribution >= 4 is 16.7 Å². The largest absolute Gasteiger partial charge is 0.466 e. The first-order valence-electron chi connectivity index (χ1n) is 7.72. The number of carbonyl (C=O) groups is 1. The Labute approximate surface area is 134 Å². The molecule has 1 aliphatic rings. The quantitative estimate of drug-likeness (QED) is 0.295. The average Bonchev–Trinajstić information content (AvgIpc) is 2.47. The van der Waals surface area contributed by atoms with Gasteiger partial charge in [-0.15, -0.1) is 0 Å². The van der Waals surface area contributed by atoms with Gasteiger partial charge in [0.05, 0.1) is 6.61 Å². The zero-order chi connectivity index (χ0) is 17.5. The Morgan fingerprint density at radius 1 is 1.04 bits per heavy atom. The second-order valence-electron chi connectivity index (χ2n) is 5.89. The van der Waals surface area contributed by atoms with E-state index < -0.39 is 34.3 Å². The first-order valence-corrected chi connectivity index (χ1v) is 8.90. The third-order valence-corrected chi connectivity index (χ3v) is 4.78. The SMILES string of the molecule is O=C(CC1CCCCC1)OCCCCC(F)(F)C(F)(F)[SH](=O)=O. The Hall–Kier alpha value is -0.860. The van der Waals surface area contributed by atoms with E-state index in [4.69, 9.17) is 4.74 Å². The molecule has 1 fully saturated rings. The number of esters is 1. The van der Waals surface area contributed by atoms with Crippen LogP contribution in [0.3, 0.4) is 0 Å². The molecule has 136 valence electrons. The number of unbranched alkanes of at least 4 members (excludes halogenated alkanes) is 1. The number of rotatable bonds is 9. The summed E-state index contributed by atoms with van der Waals surface area (Å²) in [6.45, 7) is -0.128. The summed E-state index contributed by atoms with van der Waals surface area (Å²) < 4.78 is 77.0. The fraction of sp³-hybridized carbons (Fsp3) is 0.929. The van der Waals surface area contributed by atoms with Gasteiger partial charge >= 0.3 is 17.1 Å². The monoisotopic (exact) mass is 362 g/mol.